The number of benzene rings is 2. The molecule has 0 aliphatic rings. The number of aryl methyl sites for hydroxylation is 1. The van der Waals surface area contributed by atoms with Crippen molar-refractivity contribution in [1.82, 2.24) is 14.5 Å². The van der Waals surface area contributed by atoms with Crippen molar-refractivity contribution in [3.8, 4) is 34.4 Å². The number of fused-ring (bicyclic) bond motifs is 1. The van der Waals surface area contributed by atoms with Crippen LogP contribution >= 0.6 is 0 Å². The first-order valence-corrected chi connectivity index (χ1v) is 12.6. The van der Waals surface area contributed by atoms with Crippen molar-refractivity contribution in [2.45, 2.75) is 4.90 Å². The molecule has 0 aliphatic heterocycles. The van der Waals surface area contributed by atoms with Gasteiger partial charge in [-0.3, -0.25) is 9.78 Å². The van der Waals surface area contributed by atoms with Crippen LogP contribution in [-0.2, 0) is 16.9 Å². The van der Waals surface area contributed by atoms with Crippen LogP contribution in [-0.4, -0.2) is 29.2 Å². The Morgan fingerprint density at radius 1 is 0.886 bits per heavy atom. The van der Waals surface area contributed by atoms with Crippen LogP contribution in [0.1, 0.15) is 0 Å². The van der Waals surface area contributed by atoms with E-state index in [2.05, 4.69) is 9.97 Å². The van der Waals surface area contributed by atoms with E-state index in [0.717, 1.165) is 23.0 Å². The smallest absolute Gasteiger partial charge is 0.293 e. The third kappa shape index (κ3) is 4.67. The number of ether oxygens (including phenoxy) is 2. The molecule has 0 aliphatic carbocycles. The van der Waals surface area contributed by atoms with E-state index in [1.165, 1.54) is 16.7 Å². The van der Waals surface area contributed by atoms with Gasteiger partial charge in [-0.2, -0.15) is 0 Å². The fourth-order valence-corrected chi connectivity index (χ4v) is 4.27. The van der Waals surface area contributed by atoms with E-state index in [1.807, 2.05) is 30.3 Å². The predicted molar refractivity (Wildman–Crippen MR) is 133 cm³/mol. The zero-order valence-corrected chi connectivity index (χ0v) is 19.7. The van der Waals surface area contributed by atoms with Gasteiger partial charge in [0.2, 0.25) is 0 Å². The number of nitrogens with zero attached hydrogens (tertiary/aromatic N) is 2. The van der Waals surface area contributed by atoms with Crippen LogP contribution in [0.15, 0.2) is 94.9 Å². The molecule has 0 saturated carbocycles. The molecule has 2 aromatic carbocycles. The Morgan fingerprint density at radius 2 is 1.69 bits per heavy atom. The lowest BCUT2D eigenvalue weighted by Gasteiger charge is -2.11. The molecular weight excluding hydrogens is 466 g/mol. The molecule has 8 nitrogen and oxygen atoms in total. The lowest BCUT2D eigenvalue weighted by Crippen LogP contribution is -2.16. The number of sulfone groups is 1. The minimum absolute atomic E-state index is 0.167. The molecule has 0 radical (unpaired) electrons. The normalized spacial score (nSPS) is 11.5. The zero-order chi connectivity index (χ0) is 24.6. The molecule has 5 rings (SSSR count). The molecule has 0 amide bonds. The summed E-state index contributed by atoms with van der Waals surface area (Å²) >= 11 is 0. The molecule has 35 heavy (non-hydrogen) atoms. The second-order valence-corrected chi connectivity index (χ2v) is 10.0. The van der Waals surface area contributed by atoms with Gasteiger partial charge in [0.15, 0.2) is 21.3 Å². The topological polar surface area (TPSA) is 103 Å². The van der Waals surface area contributed by atoms with Crippen LogP contribution in [0.4, 0.5) is 0 Å². The monoisotopic (exact) mass is 487 g/mol. The van der Waals surface area contributed by atoms with Crippen LogP contribution in [0.3, 0.4) is 0 Å². The van der Waals surface area contributed by atoms with Crippen LogP contribution in [0, 0.1) is 0 Å². The maximum Gasteiger partial charge on any atom is 0.293 e. The first-order chi connectivity index (χ1) is 16.8. The van der Waals surface area contributed by atoms with Gasteiger partial charge in [0, 0.05) is 37.1 Å². The maximum absolute atomic E-state index is 12.6. The van der Waals surface area contributed by atoms with E-state index in [1.54, 1.807) is 49.8 Å². The summed E-state index contributed by atoms with van der Waals surface area (Å²) in [6.45, 7) is 0. The molecule has 9 heteroatoms. The summed E-state index contributed by atoms with van der Waals surface area (Å²) in [5.41, 5.74) is 1.93. The van der Waals surface area contributed by atoms with Crippen molar-refractivity contribution in [1.29, 1.82) is 0 Å². The average molecular weight is 488 g/mol. The van der Waals surface area contributed by atoms with Crippen LogP contribution in [0.5, 0.6) is 23.0 Å². The van der Waals surface area contributed by atoms with E-state index < -0.39 is 9.84 Å². The molecule has 0 spiro atoms. The number of pyridine rings is 2. The van der Waals surface area contributed by atoms with Crippen molar-refractivity contribution in [2.75, 3.05) is 6.26 Å². The van der Waals surface area contributed by atoms with Gasteiger partial charge in [-0.05, 0) is 60.7 Å². The molecule has 1 N–H and O–H groups in total. The van der Waals surface area contributed by atoms with Gasteiger partial charge in [0.05, 0.1) is 21.8 Å². The van der Waals surface area contributed by atoms with Crippen LogP contribution in [0.25, 0.3) is 22.3 Å². The number of rotatable bonds is 6. The van der Waals surface area contributed by atoms with E-state index in [0.29, 0.717) is 22.8 Å². The number of aromatic nitrogens is 3. The standard InChI is InChI=1S/C26H21N3O5S/c1-29-13-5-7-23(26(29)30)34-24-16-19(33-18-8-10-20(11-9-18)35(2,31)32)14-17-15-22(28-25(17)24)21-6-3-4-12-27-21/h3-16,28H,1-2H3. The lowest BCUT2D eigenvalue weighted by atomic mass is 10.2. The third-order valence-corrected chi connectivity index (χ3v) is 6.53. The van der Waals surface area contributed by atoms with Gasteiger partial charge < -0.3 is 19.0 Å². The van der Waals surface area contributed by atoms with Crippen LogP contribution in [0.2, 0.25) is 0 Å². The van der Waals surface area contributed by atoms with Gasteiger partial charge in [-0.25, -0.2) is 8.42 Å². The highest BCUT2D eigenvalue weighted by atomic mass is 32.2. The van der Waals surface area contributed by atoms with Gasteiger partial charge in [-0.15, -0.1) is 0 Å². The summed E-state index contributed by atoms with van der Waals surface area (Å²) in [5, 5.41) is 0.790. The number of nitrogens with one attached hydrogen (secondary N) is 1. The summed E-state index contributed by atoms with van der Waals surface area (Å²) in [6.07, 6.45) is 4.51. The van der Waals surface area contributed by atoms with Crippen LogP contribution < -0.4 is 15.0 Å². The molecule has 0 fully saturated rings. The summed E-state index contributed by atoms with van der Waals surface area (Å²) in [6, 6.07) is 20.5. The number of H-pyrrole nitrogens is 1. The Morgan fingerprint density at radius 3 is 2.40 bits per heavy atom. The molecule has 0 saturated heterocycles. The van der Waals surface area contributed by atoms with Gasteiger partial charge in [0.25, 0.3) is 5.56 Å². The highest BCUT2D eigenvalue weighted by Gasteiger charge is 2.15. The Labute approximate surface area is 201 Å². The fourth-order valence-electron chi connectivity index (χ4n) is 3.64. The Bertz CT molecular complexity index is 1690. The van der Waals surface area contributed by atoms with Gasteiger partial charge in [0.1, 0.15) is 11.5 Å². The molecule has 3 heterocycles. The number of hydrogen-bond donors (Lipinski definition) is 1. The zero-order valence-electron chi connectivity index (χ0n) is 18.9. The van der Waals surface area contributed by atoms with E-state index >= 15 is 0 Å². The summed E-state index contributed by atoms with van der Waals surface area (Å²) in [7, 11) is -1.66. The highest BCUT2D eigenvalue weighted by molar-refractivity contribution is 7.90. The second-order valence-electron chi connectivity index (χ2n) is 8.02. The summed E-state index contributed by atoms with van der Waals surface area (Å²) in [5.74, 6) is 1.48. The highest BCUT2D eigenvalue weighted by Crippen LogP contribution is 2.37. The Hall–Kier alpha value is -4.37. The number of hydrogen-bond acceptors (Lipinski definition) is 6. The molecule has 0 bridgehead atoms. The van der Waals surface area contributed by atoms with E-state index in [-0.39, 0.29) is 16.2 Å². The molecule has 3 aromatic heterocycles. The summed E-state index contributed by atoms with van der Waals surface area (Å²) < 4.78 is 37.0. The third-order valence-electron chi connectivity index (χ3n) is 5.40. The first kappa shape index (κ1) is 22.4. The molecule has 176 valence electrons. The first-order valence-electron chi connectivity index (χ1n) is 10.7. The van der Waals surface area contributed by atoms with Crippen molar-refractivity contribution in [2.24, 2.45) is 7.05 Å². The van der Waals surface area contributed by atoms with Crippen molar-refractivity contribution in [3.05, 3.63) is 95.5 Å². The SMILES string of the molecule is Cn1cccc(Oc2cc(Oc3ccc(S(C)(=O)=O)cc3)cc3cc(-c4ccccn4)[nH]c23)c1=O. The number of aromatic amines is 1. The maximum atomic E-state index is 12.6. The quantitative estimate of drug-likeness (QED) is 0.365. The fraction of sp³-hybridized carbons (Fsp3) is 0.0769. The Balaban J connectivity index is 1.59. The minimum Gasteiger partial charge on any atom is -0.457 e. The van der Waals surface area contributed by atoms with E-state index in [4.69, 9.17) is 9.47 Å². The van der Waals surface area contributed by atoms with Crippen molar-refractivity contribution >= 4 is 20.7 Å². The van der Waals surface area contributed by atoms with Gasteiger partial charge in [-0.1, -0.05) is 6.07 Å². The largest absolute Gasteiger partial charge is 0.457 e. The molecular formula is C26H21N3O5S. The summed E-state index contributed by atoms with van der Waals surface area (Å²) in [4.78, 5) is 20.5. The van der Waals surface area contributed by atoms with Crippen molar-refractivity contribution in [3.63, 3.8) is 0 Å². The van der Waals surface area contributed by atoms with E-state index in [9.17, 15) is 13.2 Å². The Kier molecular flexibility index (Phi) is 5.62. The predicted octanol–water partition coefficient (Wildman–Crippen LogP) is 4.92. The lowest BCUT2D eigenvalue weighted by molar-refractivity contribution is 0.457. The molecule has 0 atom stereocenters. The van der Waals surface area contributed by atoms with Gasteiger partial charge >= 0.3 is 0 Å². The second kappa shape index (κ2) is 8.77. The van der Waals surface area contributed by atoms with Crippen molar-refractivity contribution < 1.29 is 17.9 Å². The average Bonchev–Trinajstić information content (AvgIpc) is 3.27. The molecule has 0 unspecified atom stereocenters. The minimum atomic E-state index is -3.31. The molecule has 5 aromatic rings.